The fourth-order valence-electron chi connectivity index (χ4n) is 1.76. The molecule has 0 aromatic carbocycles. The van der Waals surface area contributed by atoms with Crippen LogP contribution in [0, 0.1) is 0 Å². The summed E-state index contributed by atoms with van der Waals surface area (Å²) < 4.78 is 17.9. The van der Waals surface area contributed by atoms with Crippen molar-refractivity contribution < 1.29 is 119 Å². The molecule has 0 heterocycles. The average Bonchev–Trinajstić information content (AvgIpc) is 2.40. The standard InChI is InChI=1S/C16H34O3.4Zr/c1-5-9-13-17-16(12-8-4,18-14-10-6-2)19-15-11-7-3;;;;/h5-15H2,1-4H3;;;;. The van der Waals surface area contributed by atoms with E-state index in [2.05, 4.69) is 27.7 Å². The van der Waals surface area contributed by atoms with E-state index in [1.807, 2.05) is 0 Å². The van der Waals surface area contributed by atoms with E-state index in [0.29, 0.717) is 0 Å². The van der Waals surface area contributed by atoms with Gasteiger partial charge < -0.3 is 14.2 Å². The van der Waals surface area contributed by atoms with Gasteiger partial charge in [0.2, 0.25) is 0 Å². The third kappa shape index (κ3) is 21.6. The summed E-state index contributed by atoms with van der Waals surface area (Å²) in [6.45, 7) is 10.8. The zero-order valence-electron chi connectivity index (χ0n) is 15.5. The van der Waals surface area contributed by atoms with E-state index in [1.165, 1.54) is 0 Å². The molecule has 0 aliphatic heterocycles. The molecule has 7 heteroatoms. The van der Waals surface area contributed by atoms with Crippen LogP contribution in [0.3, 0.4) is 0 Å². The minimum Gasteiger partial charge on any atom is -0.327 e. The SMILES string of the molecule is CCCCOC(CCC)(OCCCC)OCCCC.[Zr].[Zr].[Zr].[Zr]. The fraction of sp³-hybridized carbons (Fsp3) is 1.00. The van der Waals surface area contributed by atoms with Gasteiger partial charge in [-0.2, -0.15) is 0 Å². The average molecular weight is 639 g/mol. The molecule has 0 fully saturated rings. The molecule has 0 aromatic heterocycles. The topological polar surface area (TPSA) is 27.7 Å². The van der Waals surface area contributed by atoms with Crippen molar-refractivity contribution in [1.82, 2.24) is 0 Å². The van der Waals surface area contributed by atoms with Gasteiger partial charge in [0.15, 0.2) is 0 Å². The van der Waals surface area contributed by atoms with Crippen LogP contribution in [0.15, 0.2) is 0 Å². The smallest absolute Gasteiger partial charge is 0.282 e. The van der Waals surface area contributed by atoms with Crippen LogP contribution < -0.4 is 0 Å². The summed E-state index contributed by atoms with van der Waals surface area (Å²) >= 11 is 0. The molecule has 0 spiro atoms. The summed E-state index contributed by atoms with van der Waals surface area (Å²) in [7, 11) is 0. The number of hydrogen-bond donors (Lipinski definition) is 0. The first-order valence-electron chi connectivity index (χ1n) is 8.16. The van der Waals surface area contributed by atoms with Crippen LogP contribution in [0.2, 0.25) is 0 Å². The molecule has 0 aliphatic carbocycles. The van der Waals surface area contributed by atoms with Gasteiger partial charge in [-0.05, 0) is 25.7 Å². The Morgan fingerprint density at radius 1 is 0.522 bits per heavy atom. The molecule has 0 amide bonds. The molecule has 23 heavy (non-hydrogen) atoms. The van der Waals surface area contributed by atoms with Gasteiger partial charge in [0.1, 0.15) is 0 Å². The molecule has 132 valence electrons. The Kier molecular flexibility index (Phi) is 44.7. The molecule has 0 radical (unpaired) electrons. The van der Waals surface area contributed by atoms with Crippen LogP contribution in [0.4, 0.5) is 0 Å². The quantitative estimate of drug-likeness (QED) is 0.201. The van der Waals surface area contributed by atoms with Crippen molar-refractivity contribution in [2.75, 3.05) is 19.8 Å². The van der Waals surface area contributed by atoms with Crippen molar-refractivity contribution in [3.63, 3.8) is 0 Å². The summed E-state index contributed by atoms with van der Waals surface area (Å²) in [5, 5.41) is 0. The van der Waals surface area contributed by atoms with Crippen molar-refractivity contribution in [3.05, 3.63) is 0 Å². The zero-order chi connectivity index (χ0) is 14.4. The van der Waals surface area contributed by atoms with E-state index >= 15 is 0 Å². The summed E-state index contributed by atoms with van der Waals surface area (Å²) in [6.07, 6.45) is 8.37. The minimum atomic E-state index is -0.797. The predicted molar refractivity (Wildman–Crippen MR) is 80.2 cm³/mol. The van der Waals surface area contributed by atoms with Crippen molar-refractivity contribution >= 4 is 0 Å². The first-order valence-corrected chi connectivity index (χ1v) is 8.16. The van der Waals surface area contributed by atoms with Crippen LogP contribution in [-0.2, 0) is 119 Å². The van der Waals surface area contributed by atoms with Gasteiger partial charge >= 0.3 is 0 Å². The first kappa shape index (κ1) is 37.2. The Bertz CT molecular complexity index is 172. The summed E-state index contributed by atoms with van der Waals surface area (Å²) in [4.78, 5) is 0. The number of hydrogen-bond acceptors (Lipinski definition) is 3. The molecule has 0 unspecified atom stereocenters. The maximum absolute atomic E-state index is 5.96. The largest absolute Gasteiger partial charge is 0.327 e. The van der Waals surface area contributed by atoms with Crippen LogP contribution in [0.25, 0.3) is 0 Å². The fourth-order valence-corrected chi connectivity index (χ4v) is 1.76. The van der Waals surface area contributed by atoms with E-state index in [1.54, 1.807) is 0 Å². The molecule has 0 atom stereocenters. The van der Waals surface area contributed by atoms with Crippen LogP contribution in [-0.4, -0.2) is 25.8 Å². The van der Waals surface area contributed by atoms with E-state index < -0.39 is 5.97 Å². The van der Waals surface area contributed by atoms with Crippen molar-refractivity contribution in [1.29, 1.82) is 0 Å². The van der Waals surface area contributed by atoms with Gasteiger partial charge in [0.05, 0.1) is 19.8 Å². The number of unbranched alkanes of at least 4 members (excludes halogenated alkanes) is 3. The Balaban J connectivity index is -0.000000270. The van der Waals surface area contributed by atoms with Crippen LogP contribution in [0.5, 0.6) is 0 Å². The Morgan fingerprint density at radius 3 is 1.04 bits per heavy atom. The molecule has 0 N–H and O–H groups in total. The summed E-state index contributed by atoms with van der Waals surface area (Å²) in [5.74, 6) is -0.797. The normalized spacial score (nSPS) is 9.91. The number of rotatable bonds is 14. The van der Waals surface area contributed by atoms with Crippen molar-refractivity contribution in [2.45, 2.75) is 85.0 Å². The van der Waals surface area contributed by atoms with Crippen molar-refractivity contribution in [2.24, 2.45) is 0 Å². The molecule has 3 nitrogen and oxygen atoms in total. The Labute approximate surface area is 221 Å². The molecule has 0 aromatic rings. The summed E-state index contributed by atoms with van der Waals surface area (Å²) in [6, 6.07) is 0. The minimum absolute atomic E-state index is 0. The third-order valence-corrected chi connectivity index (χ3v) is 3.02. The van der Waals surface area contributed by atoms with Crippen molar-refractivity contribution in [3.8, 4) is 0 Å². The second-order valence-corrected chi connectivity index (χ2v) is 5.04. The maximum atomic E-state index is 5.96. The number of ether oxygens (including phenoxy) is 3. The molecule has 0 bridgehead atoms. The molecule has 0 saturated carbocycles. The first-order chi connectivity index (χ1) is 9.24. The predicted octanol–water partition coefficient (Wildman–Crippen LogP) is 4.88. The molecule has 0 aliphatic rings. The zero-order valence-corrected chi connectivity index (χ0v) is 25.3. The van der Waals surface area contributed by atoms with Crippen LogP contribution in [0.1, 0.15) is 79.1 Å². The van der Waals surface area contributed by atoms with E-state index in [0.717, 1.165) is 71.2 Å². The van der Waals surface area contributed by atoms with Gasteiger partial charge in [-0.3, -0.25) is 0 Å². The van der Waals surface area contributed by atoms with Crippen LogP contribution >= 0.6 is 0 Å². The van der Waals surface area contributed by atoms with E-state index in [4.69, 9.17) is 14.2 Å². The summed E-state index contributed by atoms with van der Waals surface area (Å²) in [5.41, 5.74) is 0. The monoisotopic (exact) mass is 634 g/mol. The van der Waals surface area contributed by atoms with E-state index in [-0.39, 0.29) is 105 Å². The second kappa shape index (κ2) is 27.6. The molecule has 0 rings (SSSR count). The molecule has 0 saturated heterocycles. The van der Waals surface area contributed by atoms with Gasteiger partial charge in [-0.15, -0.1) is 0 Å². The van der Waals surface area contributed by atoms with Gasteiger partial charge in [-0.25, -0.2) is 0 Å². The molecular weight excluding hydrogens is 605 g/mol. The van der Waals surface area contributed by atoms with Gasteiger partial charge in [0.25, 0.3) is 5.97 Å². The Hall–Kier alpha value is 3.41. The second-order valence-electron chi connectivity index (χ2n) is 5.04. The molecular formula is C16H34O3Zr4. The maximum Gasteiger partial charge on any atom is 0.282 e. The van der Waals surface area contributed by atoms with Gasteiger partial charge in [-0.1, -0.05) is 47.0 Å². The Morgan fingerprint density at radius 2 is 0.826 bits per heavy atom. The third-order valence-electron chi connectivity index (χ3n) is 3.02. The van der Waals surface area contributed by atoms with E-state index in [9.17, 15) is 0 Å². The van der Waals surface area contributed by atoms with Gasteiger partial charge in [0, 0.05) is 111 Å².